The number of nitrogens with one attached hydrogen (secondary N) is 1. The summed E-state index contributed by atoms with van der Waals surface area (Å²) in [5.41, 5.74) is 0.268. The van der Waals surface area contributed by atoms with Crippen molar-refractivity contribution in [3.05, 3.63) is 42.2 Å². The molecule has 3 heterocycles. The molecule has 0 aliphatic heterocycles. The van der Waals surface area contributed by atoms with Crippen LogP contribution in [0.25, 0.3) is 32.0 Å². The summed E-state index contributed by atoms with van der Waals surface area (Å²) in [5.74, 6) is -0.249. The van der Waals surface area contributed by atoms with Crippen molar-refractivity contribution in [1.82, 2.24) is 24.8 Å². The minimum atomic E-state index is -4.75. The molecule has 0 saturated heterocycles. The molecule has 0 amide bonds. The number of carboxylic acids is 1. The second kappa shape index (κ2) is 12.2. The summed E-state index contributed by atoms with van der Waals surface area (Å²) >= 11 is 1.28. The number of rotatable bonds is 10. The Labute approximate surface area is 256 Å². The van der Waals surface area contributed by atoms with Crippen molar-refractivity contribution in [2.75, 3.05) is 0 Å². The van der Waals surface area contributed by atoms with Crippen molar-refractivity contribution < 1.29 is 36.0 Å². The molecule has 4 aromatic rings. The summed E-state index contributed by atoms with van der Waals surface area (Å²) in [7, 11) is -4.54. The number of aliphatic carboxylic acids is 1. The molecule has 1 aliphatic rings. The minimum Gasteiger partial charge on any atom is -0.481 e. The van der Waals surface area contributed by atoms with Gasteiger partial charge in [-0.05, 0) is 45.2 Å². The van der Waals surface area contributed by atoms with Gasteiger partial charge in [0.05, 0.1) is 20.9 Å². The zero-order valence-electron chi connectivity index (χ0n) is 24.3. The first-order valence-corrected chi connectivity index (χ1v) is 16.5. The largest absolute Gasteiger partial charge is 0.481 e. The van der Waals surface area contributed by atoms with Crippen molar-refractivity contribution in [3.63, 3.8) is 0 Å². The smallest absolute Gasteiger partial charge is 0.404 e. The SMILES string of the molecule is C[C@H](NS(=O)(=O)c1ccc(-c2sc(-c3noc(CC(C)(C)C(=O)O)n3)nc2CC2CCCCC2)c2cnccc12)C(F)(F)F. The van der Waals surface area contributed by atoms with Gasteiger partial charge in [0.15, 0.2) is 5.01 Å². The number of thiazole rings is 1. The lowest BCUT2D eigenvalue weighted by Crippen LogP contribution is -2.43. The quantitative estimate of drug-likeness (QED) is 0.198. The topological polar surface area (TPSA) is 148 Å². The Hall–Kier alpha value is -3.43. The van der Waals surface area contributed by atoms with Crippen LogP contribution in [0, 0.1) is 11.3 Å². The molecule has 5 rings (SSSR count). The highest BCUT2D eigenvalue weighted by Crippen LogP contribution is 2.42. The molecule has 1 aliphatic carbocycles. The third-order valence-electron chi connectivity index (χ3n) is 7.87. The second-order valence-corrected chi connectivity index (χ2v) is 14.5. The highest BCUT2D eigenvalue weighted by atomic mass is 32.2. The number of halogens is 3. The molecule has 1 aromatic carbocycles. The Morgan fingerprint density at radius 2 is 1.86 bits per heavy atom. The van der Waals surface area contributed by atoms with Crippen molar-refractivity contribution in [1.29, 1.82) is 0 Å². The Bertz CT molecular complexity index is 1780. The Morgan fingerprint density at radius 1 is 1.14 bits per heavy atom. The lowest BCUT2D eigenvalue weighted by Gasteiger charge is -2.21. The third kappa shape index (κ3) is 6.79. The van der Waals surface area contributed by atoms with E-state index in [-0.39, 0.29) is 28.4 Å². The van der Waals surface area contributed by atoms with Gasteiger partial charge in [-0.1, -0.05) is 43.3 Å². The van der Waals surface area contributed by atoms with Crippen LogP contribution in [-0.4, -0.2) is 51.8 Å². The standard InChI is InChI=1S/C29H32F3N5O5S2/c1-16(29(30,31)32)37-44(40,41)22-10-9-19(20-15-33-12-11-18(20)22)24-21(13-17-7-5-4-6-8-17)34-26(43-24)25-35-23(42-36-25)14-28(2,3)27(38)39/h9-12,15-17,37H,4-8,13-14H2,1-3H3,(H,38,39)/t16-/m0/s1. The number of carbonyl (C=O) groups is 1. The lowest BCUT2D eigenvalue weighted by molar-refractivity contribution is -0.147. The molecule has 1 atom stereocenters. The van der Waals surface area contributed by atoms with E-state index in [0.717, 1.165) is 43.2 Å². The summed E-state index contributed by atoms with van der Waals surface area (Å²) in [6, 6.07) is 2.04. The number of hydrogen-bond acceptors (Lipinski definition) is 9. The van der Waals surface area contributed by atoms with E-state index in [0.29, 0.717) is 28.3 Å². The van der Waals surface area contributed by atoms with Gasteiger partial charge in [-0.2, -0.15) is 22.9 Å². The van der Waals surface area contributed by atoms with E-state index >= 15 is 0 Å². The molecule has 3 aromatic heterocycles. The summed E-state index contributed by atoms with van der Waals surface area (Å²) in [5, 5.41) is 14.6. The molecule has 10 nitrogen and oxygen atoms in total. The van der Waals surface area contributed by atoms with Gasteiger partial charge >= 0.3 is 12.1 Å². The normalized spacial score (nSPS) is 16.0. The predicted molar refractivity (Wildman–Crippen MR) is 157 cm³/mol. The first kappa shape index (κ1) is 32.0. The van der Waals surface area contributed by atoms with Crippen LogP contribution in [0.2, 0.25) is 0 Å². The van der Waals surface area contributed by atoms with Gasteiger partial charge in [-0.3, -0.25) is 9.78 Å². The summed E-state index contributed by atoms with van der Waals surface area (Å²) in [6.07, 6.45) is 4.31. The maximum Gasteiger partial charge on any atom is 0.404 e. The van der Waals surface area contributed by atoms with Crippen LogP contribution in [0.1, 0.15) is 64.5 Å². The van der Waals surface area contributed by atoms with Crippen molar-refractivity contribution in [2.45, 2.75) is 82.8 Å². The van der Waals surface area contributed by atoms with Crippen molar-refractivity contribution in [3.8, 4) is 21.3 Å². The van der Waals surface area contributed by atoms with Crippen LogP contribution < -0.4 is 4.72 Å². The molecule has 1 saturated carbocycles. The summed E-state index contributed by atoms with van der Waals surface area (Å²) in [6.45, 7) is 3.87. The number of sulfonamides is 1. The fourth-order valence-corrected chi connectivity index (χ4v) is 7.78. The lowest BCUT2D eigenvalue weighted by atomic mass is 9.85. The molecule has 0 spiro atoms. The number of benzene rings is 1. The maximum atomic E-state index is 13.2. The highest BCUT2D eigenvalue weighted by molar-refractivity contribution is 7.89. The Morgan fingerprint density at radius 3 is 2.55 bits per heavy atom. The van der Waals surface area contributed by atoms with Crippen molar-refractivity contribution in [2.24, 2.45) is 11.3 Å². The molecular formula is C29H32F3N5O5S2. The predicted octanol–water partition coefficient (Wildman–Crippen LogP) is 6.41. The van der Waals surface area contributed by atoms with Crippen molar-refractivity contribution >= 4 is 38.1 Å². The van der Waals surface area contributed by atoms with Gasteiger partial charge in [-0.25, -0.2) is 13.4 Å². The molecule has 2 N–H and O–H groups in total. The van der Waals surface area contributed by atoms with Gasteiger partial charge in [0, 0.05) is 35.2 Å². The molecule has 1 fully saturated rings. The average molecular weight is 652 g/mol. The summed E-state index contributed by atoms with van der Waals surface area (Å²) < 4.78 is 72.9. The number of aromatic nitrogens is 4. The second-order valence-electron chi connectivity index (χ2n) is 11.8. The average Bonchev–Trinajstić information content (AvgIpc) is 3.59. The van der Waals surface area contributed by atoms with E-state index in [1.807, 2.05) is 0 Å². The monoisotopic (exact) mass is 651 g/mol. The van der Waals surface area contributed by atoms with Crippen LogP contribution in [-0.2, 0) is 27.7 Å². The molecule has 0 unspecified atom stereocenters. The number of hydrogen-bond donors (Lipinski definition) is 2. The van der Waals surface area contributed by atoms with Crippen LogP contribution in [0.3, 0.4) is 0 Å². The molecule has 0 radical (unpaired) electrons. The Kier molecular flexibility index (Phi) is 8.84. The number of alkyl halides is 3. The van der Waals surface area contributed by atoms with E-state index in [1.54, 1.807) is 24.6 Å². The van der Waals surface area contributed by atoms with E-state index in [1.165, 1.54) is 42.3 Å². The number of pyridine rings is 1. The number of fused-ring (bicyclic) bond motifs is 1. The Balaban J connectivity index is 1.59. The highest BCUT2D eigenvalue weighted by Gasteiger charge is 2.39. The molecule has 44 heavy (non-hydrogen) atoms. The fourth-order valence-electron chi connectivity index (χ4n) is 5.29. The third-order valence-corrected chi connectivity index (χ3v) is 10.6. The van der Waals surface area contributed by atoms with Gasteiger partial charge < -0.3 is 9.63 Å². The van der Waals surface area contributed by atoms with E-state index in [4.69, 9.17) is 9.51 Å². The van der Waals surface area contributed by atoms with Gasteiger partial charge in [0.2, 0.25) is 21.7 Å². The number of carboxylic acid groups (broad SMARTS) is 1. The molecule has 236 valence electrons. The van der Waals surface area contributed by atoms with E-state index < -0.39 is 33.6 Å². The summed E-state index contributed by atoms with van der Waals surface area (Å²) in [4.78, 5) is 25.5. The zero-order valence-corrected chi connectivity index (χ0v) is 25.9. The molecular weight excluding hydrogens is 619 g/mol. The van der Waals surface area contributed by atoms with Crippen LogP contribution in [0.5, 0.6) is 0 Å². The fraction of sp³-hybridized carbons (Fsp3) is 0.483. The van der Waals surface area contributed by atoms with Crippen LogP contribution in [0.15, 0.2) is 40.0 Å². The van der Waals surface area contributed by atoms with Gasteiger partial charge in [0.25, 0.3) is 0 Å². The minimum absolute atomic E-state index is 0.0235. The zero-order chi connectivity index (χ0) is 31.9. The van der Waals surface area contributed by atoms with E-state index in [9.17, 15) is 31.5 Å². The maximum absolute atomic E-state index is 13.2. The van der Waals surface area contributed by atoms with Crippen LogP contribution in [0.4, 0.5) is 13.2 Å². The van der Waals surface area contributed by atoms with Crippen LogP contribution >= 0.6 is 11.3 Å². The van der Waals surface area contributed by atoms with E-state index in [2.05, 4.69) is 15.1 Å². The molecule has 15 heteroatoms. The van der Waals surface area contributed by atoms with Gasteiger partial charge in [-0.15, -0.1) is 11.3 Å². The van der Waals surface area contributed by atoms with Gasteiger partial charge in [0.1, 0.15) is 6.04 Å². The molecule has 0 bridgehead atoms. The first-order chi connectivity index (χ1) is 20.7. The number of nitrogens with zero attached hydrogens (tertiary/aromatic N) is 4. The first-order valence-electron chi connectivity index (χ1n) is 14.2.